The van der Waals surface area contributed by atoms with Gasteiger partial charge in [0.15, 0.2) is 0 Å². The number of carbonyl (C=O) groups excluding carboxylic acids is 2. The van der Waals surface area contributed by atoms with Crippen LogP contribution in [-0.2, 0) is 22.4 Å². The van der Waals surface area contributed by atoms with Crippen LogP contribution in [0.25, 0.3) is 0 Å². The zero-order chi connectivity index (χ0) is 20.8. The standard InChI is InChI=1S/C22H23F2NO4/c1-28-21(27)15-8-5-14(6-9-15)7-12-20(26)25-19-4-2-3-16-13-17(29-22(23)24)10-11-18(16)19/h5-6,8-11,13,19,22H,2-4,7,12H2,1H3,(H,25,26). The zero-order valence-corrected chi connectivity index (χ0v) is 16.1. The minimum atomic E-state index is -2.85. The summed E-state index contributed by atoms with van der Waals surface area (Å²) in [5.74, 6) is -0.332. The van der Waals surface area contributed by atoms with Crippen LogP contribution in [0.3, 0.4) is 0 Å². The number of hydrogen-bond donors (Lipinski definition) is 1. The van der Waals surface area contributed by atoms with Gasteiger partial charge in [0.25, 0.3) is 0 Å². The van der Waals surface area contributed by atoms with E-state index in [1.807, 2.05) is 0 Å². The van der Waals surface area contributed by atoms with Crippen molar-refractivity contribution in [3.8, 4) is 5.75 Å². The van der Waals surface area contributed by atoms with Crippen LogP contribution < -0.4 is 10.1 Å². The molecule has 0 saturated carbocycles. The largest absolute Gasteiger partial charge is 0.465 e. The van der Waals surface area contributed by atoms with Crippen molar-refractivity contribution in [3.63, 3.8) is 0 Å². The molecule has 1 amide bonds. The first-order valence-corrected chi connectivity index (χ1v) is 9.50. The van der Waals surface area contributed by atoms with E-state index in [0.717, 1.165) is 36.0 Å². The van der Waals surface area contributed by atoms with E-state index in [1.165, 1.54) is 13.2 Å². The molecule has 1 atom stereocenters. The number of ether oxygens (including phenoxy) is 2. The van der Waals surface area contributed by atoms with Gasteiger partial charge >= 0.3 is 12.6 Å². The minimum absolute atomic E-state index is 0.0761. The fraction of sp³-hybridized carbons (Fsp3) is 0.364. The van der Waals surface area contributed by atoms with Gasteiger partial charge in [-0.05, 0) is 66.6 Å². The van der Waals surface area contributed by atoms with Crippen molar-refractivity contribution in [1.82, 2.24) is 5.32 Å². The van der Waals surface area contributed by atoms with E-state index in [-0.39, 0.29) is 17.7 Å². The molecule has 7 heteroatoms. The molecule has 1 N–H and O–H groups in total. The Balaban J connectivity index is 1.57. The van der Waals surface area contributed by atoms with Crippen LogP contribution in [0.1, 0.15) is 52.4 Å². The molecule has 5 nitrogen and oxygen atoms in total. The van der Waals surface area contributed by atoms with E-state index < -0.39 is 12.6 Å². The van der Waals surface area contributed by atoms with Crippen LogP contribution in [0.15, 0.2) is 42.5 Å². The maximum Gasteiger partial charge on any atom is 0.387 e. The quantitative estimate of drug-likeness (QED) is 0.704. The highest BCUT2D eigenvalue weighted by Crippen LogP contribution is 2.32. The molecule has 2 aromatic rings. The Hall–Kier alpha value is -2.96. The van der Waals surface area contributed by atoms with E-state index >= 15 is 0 Å². The summed E-state index contributed by atoms with van der Waals surface area (Å²) in [6, 6.07) is 11.7. The minimum Gasteiger partial charge on any atom is -0.465 e. The first-order valence-electron chi connectivity index (χ1n) is 9.50. The van der Waals surface area contributed by atoms with Gasteiger partial charge in [-0.3, -0.25) is 4.79 Å². The third-order valence-corrected chi connectivity index (χ3v) is 5.00. The van der Waals surface area contributed by atoms with Gasteiger partial charge in [-0.15, -0.1) is 0 Å². The van der Waals surface area contributed by atoms with Gasteiger partial charge in [-0.1, -0.05) is 18.2 Å². The lowest BCUT2D eigenvalue weighted by molar-refractivity contribution is -0.121. The molecule has 154 valence electrons. The summed E-state index contributed by atoms with van der Waals surface area (Å²) in [7, 11) is 1.33. The fourth-order valence-electron chi connectivity index (χ4n) is 3.57. The van der Waals surface area contributed by atoms with Crippen LogP contribution >= 0.6 is 0 Å². The highest BCUT2D eigenvalue weighted by Gasteiger charge is 2.22. The number of rotatable bonds is 7. The maximum absolute atomic E-state index is 12.4. The predicted molar refractivity (Wildman–Crippen MR) is 103 cm³/mol. The molecule has 1 aliphatic rings. The molecular formula is C22H23F2NO4. The van der Waals surface area contributed by atoms with E-state index in [4.69, 9.17) is 0 Å². The number of esters is 1. The second-order valence-corrected chi connectivity index (χ2v) is 6.94. The molecule has 0 fully saturated rings. The number of fused-ring (bicyclic) bond motifs is 1. The van der Waals surface area contributed by atoms with E-state index in [1.54, 1.807) is 36.4 Å². The lowest BCUT2D eigenvalue weighted by Crippen LogP contribution is -2.31. The summed E-state index contributed by atoms with van der Waals surface area (Å²) in [6.45, 7) is -2.85. The predicted octanol–water partition coefficient (Wildman–Crippen LogP) is 4.20. The van der Waals surface area contributed by atoms with Crippen LogP contribution in [0.2, 0.25) is 0 Å². The summed E-state index contributed by atoms with van der Waals surface area (Å²) in [5.41, 5.74) is 3.30. The Bertz CT molecular complexity index is 868. The Labute approximate surface area is 168 Å². The molecule has 1 aliphatic carbocycles. The molecule has 0 spiro atoms. The van der Waals surface area contributed by atoms with Gasteiger partial charge in [0.1, 0.15) is 5.75 Å². The van der Waals surface area contributed by atoms with Gasteiger partial charge in [0.05, 0.1) is 18.7 Å². The van der Waals surface area contributed by atoms with Gasteiger partial charge < -0.3 is 14.8 Å². The number of alkyl halides is 2. The van der Waals surface area contributed by atoms with E-state index in [9.17, 15) is 18.4 Å². The van der Waals surface area contributed by atoms with E-state index in [0.29, 0.717) is 18.4 Å². The maximum atomic E-state index is 12.4. The molecule has 0 aliphatic heterocycles. The van der Waals surface area contributed by atoms with Gasteiger partial charge in [0.2, 0.25) is 5.91 Å². The molecule has 0 saturated heterocycles. The molecular weight excluding hydrogens is 380 g/mol. The molecule has 0 aromatic heterocycles. The van der Waals surface area contributed by atoms with Crippen molar-refractivity contribution in [2.75, 3.05) is 7.11 Å². The van der Waals surface area contributed by atoms with Crippen LogP contribution in [0, 0.1) is 0 Å². The number of carbonyl (C=O) groups is 2. The van der Waals surface area contributed by atoms with Gasteiger partial charge in [-0.2, -0.15) is 8.78 Å². The molecule has 3 rings (SSSR count). The van der Waals surface area contributed by atoms with Gasteiger partial charge in [-0.25, -0.2) is 4.79 Å². The third-order valence-electron chi connectivity index (χ3n) is 5.00. The third kappa shape index (κ3) is 5.53. The molecule has 1 unspecified atom stereocenters. The molecule has 29 heavy (non-hydrogen) atoms. The highest BCUT2D eigenvalue weighted by molar-refractivity contribution is 5.89. The van der Waals surface area contributed by atoms with Crippen LogP contribution in [0.4, 0.5) is 8.78 Å². The Morgan fingerprint density at radius 3 is 2.62 bits per heavy atom. The van der Waals surface area contributed by atoms with Gasteiger partial charge in [0, 0.05) is 6.42 Å². The Morgan fingerprint density at radius 1 is 1.17 bits per heavy atom. The number of halogens is 2. The number of benzene rings is 2. The molecule has 0 bridgehead atoms. The molecule has 0 radical (unpaired) electrons. The lowest BCUT2D eigenvalue weighted by Gasteiger charge is -2.27. The lowest BCUT2D eigenvalue weighted by atomic mass is 9.87. The summed E-state index contributed by atoms with van der Waals surface area (Å²) in [5, 5.41) is 3.04. The second-order valence-electron chi connectivity index (χ2n) is 6.94. The first-order chi connectivity index (χ1) is 14.0. The van der Waals surface area contributed by atoms with Crippen molar-refractivity contribution in [2.45, 2.75) is 44.8 Å². The van der Waals surface area contributed by atoms with Crippen molar-refractivity contribution >= 4 is 11.9 Å². The SMILES string of the molecule is COC(=O)c1ccc(CCC(=O)NC2CCCc3cc(OC(F)F)ccc32)cc1. The van der Waals surface area contributed by atoms with Crippen molar-refractivity contribution in [3.05, 3.63) is 64.7 Å². The number of amides is 1. The average molecular weight is 403 g/mol. The summed E-state index contributed by atoms with van der Waals surface area (Å²) >= 11 is 0. The Morgan fingerprint density at radius 2 is 1.93 bits per heavy atom. The number of aryl methyl sites for hydroxylation is 2. The van der Waals surface area contributed by atoms with Crippen molar-refractivity contribution in [1.29, 1.82) is 0 Å². The smallest absolute Gasteiger partial charge is 0.387 e. The fourth-order valence-corrected chi connectivity index (χ4v) is 3.57. The van der Waals surface area contributed by atoms with Crippen LogP contribution in [0.5, 0.6) is 5.75 Å². The normalized spacial score (nSPS) is 15.5. The second kappa shape index (κ2) is 9.49. The number of nitrogens with one attached hydrogen (secondary N) is 1. The monoisotopic (exact) mass is 403 g/mol. The number of hydrogen-bond acceptors (Lipinski definition) is 4. The highest BCUT2D eigenvalue weighted by atomic mass is 19.3. The van der Waals surface area contributed by atoms with Crippen LogP contribution in [-0.4, -0.2) is 25.6 Å². The molecule has 0 heterocycles. The van der Waals surface area contributed by atoms with Crippen molar-refractivity contribution < 1.29 is 27.8 Å². The molecule has 2 aromatic carbocycles. The average Bonchev–Trinajstić information content (AvgIpc) is 2.71. The first kappa shape index (κ1) is 20.8. The topological polar surface area (TPSA) is 64.6 Å². The summed E-state index contributed by atoms with van der Waals surface area (Å²) in [6.07, 6.45) is 3.31. The summed E-state index contributed by atoms with van der Waals surface area (Å²) < 4.78 is 33.9. The van der Waals surface area contributed by atoms with E-state index in [2.05, 4.69) is 14.8 Å². The van der Waals surface area contributed by atoms with Crippen molar-refractivity contribution in [2.24, 2.45) is 0 Å². The Kier molecular flexibility index (Phi) is 6.80. The zero-order valence-electron chi connectivity index (χ0n) is 16.1. The number of methoxy groups -OCH3 is 1. The summed E-state index contributed by atoms with van der Waals surface area (Å²) in [4.78, 5) is 23.9.